The van der Waals surface area contributed by atoms with Crippen LogP contribution in [0.2, 0.25) is 0 Å². The topological polar surface area (TPSA) is 24.5 Å². The number of halogens is 1. The van der Waals surface area contributed by atoms with Crippen LogP contribution in [-0.2, 0) is 11.3 Å². The van der Waals surface area contributed by atoms with E-state index < -0.39 is 0 Å². The summed E-state index contributed by atoms with van der Waals surface area (Å²) in [5.74, 6) is -0.148. The Morgan fingerprint density at radius 1 is 1.33 bits per heavy atom. The van der Waals surface area contributed by atoms with Gasteiger partial charge in [-0.15, -0.1) is 0 Å². The van der Waals surface area contributed by atoms with E-state index in [1.54, 1.807) is 6.07 Å². The second-order valence-corrected chi connectivity index (χ2v) is 4.92. The van der Waals surface area contributed by atoms with Gasteiger partial charge in [0, 0.05) is 25.7 Å². The molecular formula is C14H21FN2O. The van der Waals surface area contributed by atoms with Gasteiger partial charge >= 0.3 is 0 Å². The first kappa shape index (κ1) is 13.3. The summed E-state index contributed by atoms with van der Waals surface area (Å²) in [6.07, 6.45) is 0. The molecule has 100 valence electrons. The maximum absolute atomic E-state index is 13.9. The van der Waals surface area contributed by atoms with Crippen molar-refractivity contribution in [2.24, 2.45) is 0 Å². The molecule has 3 nitrogen and oxygen atoms in total. The number of morpholine rings is 1. The first-order valence-corrected chi connectivity index (χ1v) is 6.51. The normalized spacial score (nSPS) is 16.3. The zero-order chi connectivity index (χ0) is 13.0. The van der Waals surface area contributed by atoms with Gasteiger partial charge in [0.05, 0.1) is 18.9 Å². The Hall–Kier alpha value is -1.13. The van der Waals surface area contributed by atoms with Crippen LogP contribution in [0.5, 0.6) is 0 Å². The molecule has 0 saturated carbocycles. The number of nitrogens with zero attached hydrogens (tertiary/aromatic N) is 1. The molecule has 4 heteroatoms. The molecular weight excluding hydrogens is 231 g/mol. The third-order valence-electron chi connectivity index (χ3n) is 3.08. The summed E-state index contributed by atoms with van der Waals surface area (Å²) in [6, 6.07) is 5.77. The first-order valence-electron chi connectivity index (χ1n) is 6.51. The molecule has 1 aromatic carbocycles. The highest BCUT2D eigenvalue weighted by Crippen LogP contribution is 2.22. The molecule has 2 rings (SSSR count). The molecule has 0 radical (unpaired) electrons. The van der Waals surface area contributed by atoms with E-state index in [4.69, 9.17) is 4.74 Å². The summed E-state index contributed by atoms with van der Waals surface area (Å²) in [5, 5.41) is 3.35. The van der Waals surface area contributed by atoms with Crippen LogP contribution < -0.4 is 10.2 Å². The second kappa shape index (κ2) is 6.16. The minimum Gasteiger partial charge on any atom is -0.378 e. The number of rotatable bonds is 4. The largest absolute Gasteiger partial charge is 0.378 e. The zero-order valence-corrected chi connectivity index (χ0v) is 11.1. The van der Waals surface area contributed by atoms with E-state index in [2.05, 4.69) is 24.1 Å². The third kappa shape index (κ3) is 3.43. The van der Waals surface area contributed by atoms with Crippen molar-refractivity contribution in [2.75, 3.05) is 31.2 Å². The van der Waals surface area contributed by atoms with E-state index in [-0.39, 0.29) is 5.82 Å². The Morgan fingerprint density at radius 3 is 2.72 bits per heavy atom. The first-order chi connectivity index (χ1) is 8.66. The van der Waals surface area contributed by atoms with E-state index in [0.29, 0.717) is 24.9 Å². The minimum atomic E-state index is -0.148. The van der Waals surface area contributed by atoms with E-state index in [1.165, 1.54) is 0 Å². The van der Waals surface area contributed by atoms with Crippen LogP contribution in [0.1, 0.15) is 19.4 Å². The highest BCUT2D eigenvalue weighted by Gasteiger charge is 2.15. The van der Waals surface area contributed by atoms with E-state index >= 15 is 0 Å². The number of hydrogen-bond donors (Lipinski definition) is 1. The summed E-state index contributed by atoms with van der Waals surface area (Å²) in [5.41, 5.74) is 1.81. The molecule has 18 heavy (non-hydrogen) atoms. The van der Waals surface area contributed by atoms with Crippen molar-refractivity contribution in [1.82, 2.24) is 5.32 Å². The van der Waals surface area contributed by atoms with Crippen molar-refractivity contribution in [1.29, 1.82) is 0 Å². The Morgan fingerprint density at radius 2 is 2.06 bits per heavy atom. The maximum atomic E-state index is 13.9. The number of benzene rings is 1. The van der Waals surface area contributed by atoms with Gasteiger partial charge in [0.15, 0.2) is 0 Å². The van der Waals surface area contributed by atoms with Gasteiger partial charge in [-0.3, -0.25) is 0 Å². The number of anilines is 1. The fourth-order valence-corrected chi connectivity index (χ4v) is 2.04. The van der Waals surface area contributed by atoms with Gasteiger partial charge in [-0.05, 0) is 17.7 Å². The van der Waals surface area contributed by atoms with Gasteiger partial charge in [0.2, 0.25) is 0 Å². The number of hydrogen-bond acceptors (Lipinski definition) is 3. The van der Waals surface area contributed by atoms with Crippen LogP contribution in [0.4, 0.5) is 10.1 Å². The molecule has 1 fully saturated rings. The second-order valence-electron chi connectivity index (χ2n) is 4.92. The standard InChI is InChI=1S/C14H21FN2O/c1-11(2)16-10-12-3-4-13(15)14(9-12)17-5-7-18-8-6-17/h3-4,9,11,16H,5-8,10H2,1-2H3. The molecule has 1 aliphatic heterocycles. The van der Waals surface area contributed by atoms with Crippen LogP contribution in [0.3, 0.4) is 0 Å². The van der Waals surface area contributed by atoms with Crippen LogP contribution in [0.25, 0.3) is 0 Å². The Balaban J connectivity index is 2.10. The summed E-state index contributed by atoms with van der Waals surface area (Å²) in [4.78, 5) is 2.05. The van der Waals surface area contributed by atoms with Crippen molar-refractivity contribution in [3.8, 4) is 0 Å². The fraction of sp³-hybridized carbons (Fsp3) is 0.571. The number of ether oxygens (including phenoxy) is 1. The van der Waals surface area contributed by atoms with Crippen molar-refractivity contribution in [2.45, 2.75) is 26.4 Å². The zero-order valence-electron chi connectivity index (χ0n) is 11.1. The quantitative estimate of drug-likeness (QED) is 0.888. The highest BCUT2D eigenvalue weighted by molar-refractivity contribution is 5.50. The van der Waals surface area contributed by atoms with Gasteiger partial charge in [-0.2, -0.15) is 0 Å². The lowest BCUT2D eigenvalue weighted by Crippen LogP contribution is -2.36. The van der Waals surface area contributed by atoms with Gasteiger partial charge in [-0.25, -0.2) is 4.39 Å². The molecule has 1 heterocycles. The average Bonchev–Trinajstić information content (AvgIpc) is 2.38. The number of nitrogens with one attached hydrogen (secondary N) is 1. The lowest BCUT2D eigenvalue weighted by molar-refractivity contribution is 0.122. The monoisotopic (exact) mass is 252 g/mol. The van der Waals surface area contributed by atoms with Crippen molar-refractivity contribution in [3.05, 3.63) is 29.6 Å². The van der Waals surface area contributed by atoms with Crippen LogP contribution >= 0.6 is 0 Å². The van der Waals surface area contributed by atoms with Crippen molar-refractivity contribution < 1.29 is 9.13 Å². The Bertz CT molecular complexity index is 389. The molecule has 1 aromatic rings. The lowest BCUT2D eigenvalue weighted by atomic mass is 10.1. The molecule has 0 amide bonds. The van der Waals surface area contributed by atoms with E-state index in [9.17, 15) is 4.39 Å². The van der Waals surface area contributed by atoms with Crippen LogP contribution in [-0.4, -0.2) is 32.3 Å². The molecule has 0 aromatic heterocycles. The maximum Gasteiger partial charge on any atom is 0.146 e. The minimum absolute atomic E-state index is 0.148. The lowest BCUT2D eigenvalue weighted by Gasteiger charge is -2.29. The average molecular weight is 252 g/mol. The van der Waals surface area contributed by atoms with Gasteiger partial charge in [0.1, 0.15) is 5.82 Å². The third-order valence-corrected chi connectivity index (χ3v) is 3.08. The molecule has 0 bridgehead atoms. The summed E-state index contributed by atoms with van der Waals surface area (Å²) < 4.78 is 19.1. The molecule has 0 unspecified atom stereocenters. The highest BCUT2D eigenvalue weighted by atomic mass is 19.1. The van der Waals surface area contributed by atoms with E-state index in [1.807, 2.05) is 12.1 Å². The molecule has 0 aliphatic carbocycles. The van der Waals surface area contributed by atoms with Gasteiger partial charge < -0.3 is 15.0 Å². The SMILES string of the molecule is CC(C)NCc1ccc(F)c(N2CCOCC2)c1. The summed E-state index contributed by atoms with van der Waals surface area (Å²) in [6.45, 7) is 7.85. The molecule has 1 N–H and O–H groups in total. The molecule has 0 spiro atoms. The molecule has 0 atom stereocenters. The predicted octanol–water partition coefficient (Wildman–Crippen LogP) is 2.16. The van der Waals surface area contributed by atoms with Gasteiger partial charge in [0.25, 0.3) is 0 Å². The van der Waals surface area contributed by atoms with Crippen molar-refractivity contribution >= 4 is 5.69 Å². The molecule has 1 saturated heterocycles. The predicted molar refractivity (Wildman–Crippen MR) is 71.4 cm³/mol. The summed E-state index contributed by atoms with van der Waals surface area (Å²) >= 11 is 0. The Kier molecular flexibility index (Phi) is 4.55. The van der Waals surface area contributed by atoms with Crippen LogP contribution in [0.15, 0.2) is 18.2 Å². The van der Waals surface area contributed by atoms with E-state index in [0.717, 1.165) is 25.2 Å². The van der Waals surface area contributed by atoms with Crippen LogP contribution in [0, 0.1) is 5.82 Å². The van der Waals surface area contributed by atoms with Gasteiger partial charge in [-0.1, -0.05) is 19.9 Å². The van der Waals surface area contributed by atoms with Crippen molar-refractivity contribution in [3.63, 3.8) is 0 Å². The Labute approximate surface area is 108 Å². The smallest absolute Gasteiger partial charge is 0.146 e. The molecule has 1 aliphatic rings. The fourth-order valence-electron chi connectivity index (χ4n) is 2.04. The summed E-state index contributed by atoms with van der Waals surface area (Å²) in [7, 11) is 0.